The molecular formula is C23H43N4O2+. The number of quaternary nitrogens is 1. The van der Waals surface area contributed by atoms with Crippen LogP contribution in [0, 0.1) is 23.4 Å². The van der Waals surface area contributed by atoms with Crippen LogP contribution in [0.25, 0.3) is 0 Å². The van der Waals surface area contributed by atoms with Crippen LogP contribution in [0.3, 0.4) is 0 Å². The molecule has 0 spiro atoms. The fourth-order valence-corrected chi connectivity index (χ4v) is 4.98. The van der Waals surface area contributed by atoms with Crippen molar-refractivity contribution in [2.75, 3.05) is 33.7 Å². The zero-order valence-electron chi connectivity index (χ0n) is 18.9. The van der Waals surface area contributed by atoms with Crippen LogP contribution >= 0.6 is 0 Å². The van der Waals surface area contributed by atoms with E-state index in [1.807, 2.05) is 6.26 Å². The van der Waals surface area contributed by atoms with Gasteiger partial charge in [-0.2, -0.15) is 5.26 Å². The van der Waals surface area contributed by atoms with E-state index in [-0.39, 0.29) is 12.1 Å². The smallest absolute Gasteiger partial charge is 0.315 e. The van der Waals surface area contributed by atoms with Crippen LogP contribution in [0.2, 0.25) is 0 Å². The standard InChI is InChI=1S/C23H42N4O2/c1-4-5-15-27(2,3)16-14-25-23(28)26-21-10-6-19(7-11-21)17-20-8-12-22(13-9-20)29-18-24/h19-22H,4-17H2,1-3H3,(H-,25,26,28)/p+1. The molecule has 2 fully saturated rings. The summed E-state index contributed by atoms with van der Waals surface area (Å²) in [4.78, 5) is 12.2. The van der Waals surface area contributed by atoms with Crippen molar-refractivity contribution in [2.24, 2.45) is 11.8 Å². The predicted octanol–water partition coefficient (Wildman–Crippen LogP) is 4.17. The van der Waals surface area contributed by atoms with Gasteiger partial charge in [-0.05, 0) is 76.0 Å². The Labute approximate surface area is 177 Å². The molecule has 0 aromatic heterocycles. The normalized spacial score (nSPS) is 27.7. The zero-order chi connectivity index (χ0) is 21.1. The van der Waals surface area contributed by atoms with Crippen LogP contribution in [-0.2, 0) is 4.74 Å². The maximum atomic E-state index is 12.2. The number of unbranched alkanes of at least 4 members (excludes halogenated alkanes) is 1. The Hall–Kier alpha value is -1.48. The van der Waals surface area contributed by atoms with Crippen molar-refractivity contribution in [1.29, 1.82) is 5.26 Å². The summed E-state index contributed by atoms with van der Waals surface area (Å²) < 4.78 is 6.06. The molecule has 2 aliphatic rings. The average Bonchev–Trinajstić information content (AvgIpc) is 2.69. The van der Waals surface area contributed by atoms with Gasteiger partial charge >= 0.3 is 6.03 Å². The van der Waals surface area contributed by atoms with Crippen LogP contribution in [0.1, 0.15) is 77.6 Å². The Morgan fingerprint density at radius 1 is 1.03 bits per heavy atom. The molecule has 0 aliphatic heterocycles. The molecule has 2 N–H and O–H groups in total. The van der Waals surface area contributed by atoms with Gasteiger partial charge in [-0.1, -0.05) is 13.3 Å². The number of carbonyl (C=O) groups excluding carboxylic acids is 1. The molecule has 2 amide bonds. The first-order chi connectivity index (χ1) is 13.9. The Morgan fingerprint density at radius 3 is 2.24 bits per heavy atom. The summed E-state index contributed by atoms with van der Waals surface area (Å²) in [5.41, 5.74) is 0. The number of rotatable bonds is 10. The summed E-state index contributed by atoms with van der Waals surface area (Å²) >= 11 is 0. The Bertz CT molecular complexity index is 515. The van der Waals surface area contributed by atoms with E-state index >= 15 is 0 Å². The van der Waals surface area contributed by atoms with E-state index in [1.54, 1.807) is 0 Å². The first-order valence-electron chi connectivity index (χ1n) is 11.8. The molecule has 2 saturated carbocycles. The number of hydrogen-bond acceptors (Lipinski definition) is 3. The zero-order valence-corrected chi connectivity index (χ0v) is 18.9. The Morgan fingerprint density at radius 2 is 1.66 bits per heavy atom. The molecule has 0 bridgehead atoms. The van der Waals surface area contributed by atoms with Crippen LogP contribution in [-0.4, -0.2) is 56.4 Å². The quantitative estimate of drug-likeness (QED) is 0.422. The van der Waals surface area contributed by atoms with Crippen LogP contribution in [0.5, 0.6) is 0 Å². The lowest BCUT2D eigenvalue weighted by molar-refractivity contribution is -0.889. The number of hydrogen-bond donors (Lipinski definition) is 2. The van der Waals surface area contributed by atoms with Crippen LogP contribution in [0.4, 0.5) is 4.79 Å². The van der Waals surface area contributed by atoms with Gasteiger partial charge in [-0.3, -0.25) is 0 Å². The summed E-state index contributed by atoms with van der Waals surface area (Å²) in [6, 6.07) is 0.327. The molecule has 0 saturated heterocycles. The van der Waals surface area contributed by atoms with E-state index in [4.69, 9.17) is 10.00 Å². The number of nitriles is 1. The second kappa shape index (κ2) is 12.3. The minimum atomic E-state index is -0.000225. The molecule has 6 heteroatoms. The molecule has 2 aliphatic carbocycles. The summed E-state index contributed by atoms with van der Waals surface area (Å²) in [5, 5.41) is 14.9. The Balaban J connectivity index is 1.56. The number of likely N-dealkylation sites (N-methyl/N-ethyl adjacent to an activating group) is 1. The summed E-state index contributed by atoms with van der Waals surface area (Å²) in [5.74, 6) is 1.59. The van der Waals surface area contributed by atoms with E-state index in [2.05, 4.69) is 31.7 Å². The highest BCUT2D eigenvalue weighted by Gasteiger charge is 2.28. The van der Waals surface area contributed by atoms with Gasteiger partial charge in [0.1, 0.15) is 6.10 Å². The molecule has 29 heavy (non-hydrogen) atoms. The van der Waals surface area contributed by atoms with Crippen molar-refractivity contribution in [3.05, 3.63) is 0 Å². The number of amides is 2. The van der Waals surface area contributed by atoms with Crippen molar-refractivity contribution in [3.63, 3.8) is 0 Å². The fourth-order valence-electron chi connectivity index (χ4n) is 4.98. The molecule has 0 unspecified atom stereocenters. The maximum absolute atomic E-state index is 12.2. The fraction of sp³-hybridized carbons (Fsp3) is 0.913. The maximum Gasteiger partial charge on any atom is 0.315 e. The lowest BCUT2D eigenvalue weighted by atomic mass is 9.76. The second-order valence-corrected chi connectivity index (χ2v) is 9.94. The van der Waals surface area contributed by atoms with Crippen molar-refractivity contribution < 1.29 is 14.0 Å². The Kier molecular flexibility index (Phi) is 10.1. The van der Waals surface area contributed by atoms with Crippen molar-refractivity contribution in [3.8, 4) is 6.26 Å². The summed E-state index contributed by atoms with van der Waals surface area (Å²) in [7, 11) is 4.47. The van der Waals surface area contributed by atoms with Gasteiger partial charge in [0.25, 0.3) is 6.26 Å². The molecule has 6 nitrogen and oxygen atoms in total. The topological polar surface area (TPSA) is 74.2 Å². The molecule has 0 aromatic carbocycles. The largest absolute Gasteiger partial charge is 0.424 e. The van der Waals surface area contributed by atoms with Gasteiger partial charge in [-0.25, -0.2) is 4.79 Å². The molecule has 0 radical (unpaired) electrons. The third-order valence-electron chi connectivity index (χ3n) is 6.98. The predicted molar refractivity (Wildman–Crippen MR) is 116 cm³/mol. The van der Waals surface area contributed by atoms with Gasteiger partial charge in [-0.15, -0.1) is 0 Å². The monoisotopic (exact) mass is 407 g/mol. The number of ether oxygens (including phenoxy) is 1. The van der Waals surface area contributed by atoms with Gasteiger partial charge in [0.2, 0.25) is 0 Å². The first-order valence-corrected chi connectivity index (χ1v) is 11.8. The number of urea groups is 1. The number of carbonyl (C=O) groups is 1. The third-order valence-corrected chi connectivity index (χ3v) is 6.98. The van der Waals surface area contributed by atoms with Gasteiger partial charge < -0.3 is 19.9 Å². The van der Waals surface area contributed by atoms with Gasteiger partial charge in [0.15, 0.2) is 0 Å². The van der Waals surface area contributed by atoms with E-state index in [0.717, 1.165) is 61.6 Å². The molecule has 0 atom stereocenters. The van der Waals surface area contributed by atoms with E-state index in [1.165, 1.54) is 44.9 Å². The second-order valence-electron chi connectivity index (χ2n) is 9.94. The van der Waals surface area contributed by atoms with Crippen molar-refractivity contribution in [1.82, 2.24) is 10.6 Å². The van der Waals surface area contributed by atoms with Gasteiger partial charge in [0.05, 0.1) is 33.7 Å². The molecule has 166 valence electrons. The highest BCUT2D eigenvalue weighted by atomic mass is 16.5. The van der Waals surface area contributed by atoms with E-state index in [0.29, 0.717) is 6.04 Å². The van der Waals surface area contributed by atoms with Crippen LogP contribution < -0.4 is 10.6 Å². The minimum Gasteiger partial charge on any atom is -0.424 e. The number of nitrogens with zero attached hydrogens (tertiary/aromatic N) is 2. The molecule has 2 rings (SSSR count). The van der Waals surface area contributed by atoms with Crippen molar-refractivity contribution in [2.45, 2.75) is 89.7 Å². The van der Waals surface area contributed by atoms with Crippen LogP contribution in [0.15, 0.2) is 0 Å². The van der Waals surface area contributed by atoms with Gasteiger partial charge in [0, 0.05) is 6.04 Å². The molecule has 0 aromatic rings. The minimum absolute atomic E-state index is 0.000225. The first kappa shape index (κ1) is 23.8. The van der Waals surface area contributed by atoms with Crippen molar-refractivity contribution >= 4 is 6.03 Å². The highest BCUT2D eigenvalue weighted by Crippen LogP contribution is 2.36. The highest BCUT2D eigenvalue weighted by molar-refractivity contribution is 5.74. The lowest BCUT2D eigenvalue weighted by Crippen LogP contribution is -2.49. The van der Waals surface area contributed by atoms with E-state index in [9.17, 15) is 4.79 Å². The molecular weight excluding hydrogens is 364 g/mol. The lowest BCUT2D eigenvalue weighted by Gasteiger charge is -2.34. The SMILES string of the molecule is CCCC[N+](C)(C)CCNC(=O)NC1CCC(CC2CCC(OC#N)CC2)CC1. The summed E-state index contributed by atoms with van der Waals surface area (Å²) in [6.07, 6.45) is 14.9. The number of nitrogens with one attached hydrogen (secondary N) is 2. The summed E-state index contributed by atoms with van der Waals surface area (Å²) in [6.45, 7) is 5.09. The van der Waals surface area contributed by atoms with E-state index < -0.39 is 0 Å². The molecule has 0 heterocycles. The average molecular weight is 408 g/mol. The third kappa shape index (κ3) is 9.25.